The van der Waals surface area contributed by atoms with Crippen molar-refractivity contribution in [3.8, 4) is 5.88 Å². The molecule has 0 atom stereocenters. The third kappa shape index (κ3) is 3.41. The molecule has 7 heteroatoms. The number of methoxy groups -OCH3 is 1. The lowest BCUT2D eigenvalue weighted by molar-refractivity contribution is -0.115. The van der Waals surface area contributed by atoms with Crippen LogP contribution in [0.1, 0.15) is 43.0 Å². The predicted octanol–water partition coefficient (Wildman–Crippen LogP) is 2.05. The molecule has 1 amide bonds. The van der Waals surface area contributed by atoms with Gasteiger partial charge in [0.05, 0.1) is 31.6 Å². The number of hydrogen-bond acceptors (Lipinski definition) is 5. The van der Waals surface area contributed by atoms with Crippen LogP contribution < -0.4 is 10.1 Å². The van der Waals surface area contributed by atoms with Gasteiger partial charge in [0, 0.05) is 17.7 Å². The number of carbonyl (C=O) groups excluding carboxylic acids is 1. The van der Waals surface area contributed by atoms with Crippen LogP contribution in [0.3, 0.4) is 0 Å². The van der Waals surface area contributed by atoms with Gasteiger partial charge < -0.3 is 10.1 Å². The fourth-order valence-corrected chi connectivity index (χ4v) is 2.74. The smallest absolute Gasteiger partial charge is 0.231 e. The van der Waals surface area contributed by atoms with Crippen molar-refractivity contribution in [1.29, 1.82) is 0 Å². The summed E-state index contributed by atoms with van der Waals surface area (Å²) in [6.07, 6.45) is 8.10. The minimum atomic E-state index is -0.163. The summed E-state index contributed by atoms with van der Waals surface area (Å²) >= 11 is 0. The van der Waals surface area contributed by atoms with Crippen molar-refractivity contribution >= 4 is 11.7 Å². The van der Waals surface area contributed by atoms with Gasteiger partial charge >= 0.3 is 0 Å². The summed E-state index contributed by atoms with van der Waals surface area (Å²) in [5, 5.41) is 9.96. The summed E-state index contributed by atoms with van der Waals surface area (Å²) in [5.41, 5.74) is 1.70. The van der Waals surface area contributed by atoms with Gasteiger partial charge in [0.25, 0.3) is 0 Å². The summed E-state index contributed by atoms with van der Waals surface area (Å²) in [6, 6.07) is 1.92. The van der Waals surface area contributed by atoms with Gasteiger partial charge in [-0.1, -0.05) is 12.8 Å². The maximum atomic E-state index is 12.0. The molecule has 0 saturated heterocycles. The Morgan fingerprint density at radius 1 is 1.36 bits per heavy atom. The molecule has 1 aliphatic rings. The minimum Gasteiger partial charge on any atom is -0.480 e. The number of amides is 1. The highest BCUT2D eigenvalue weighted by Gasteiger charge is 2.19. The van der Waals surface area contributed by atoms with Crippen molar-refractivity contribution in [3.63, 3.8) is 0 Å². The SMILES string of the molecule is COc1cnc(CC(=O)Nc2cc(C3CCCC3)[nH]n2)cn1. The molecule has 1 saturated carbocycles. The molecule has 22 heavy (non-hydrogen) atoms. The maximum absolute atomic E-state index is 12.0. The van der Waals surface area contributed by atoms with Crippen molar-refractivity contribution < 1.29 is 9.53 Å². The number of aromatic amines is 1. The van der Waals surface area contributed by atoms with E-state index in [4.69, 9.17) is 4.74 Å². The quantitative estimate of drug-likeness (QED) is 0.881. The van der Waals surface area contributed by atoms with Crippen LogP contribution in [0, 0.1) is 0 Å². The topological polar surface area (TPSA) is 92.8 Å². The predicted molar refractivity (Wildman–Crippen MR) is 80.7 cm³/mol. The molecule has 0 bridgehead atoms. The van der Waals surface area contributed by atoms with Gasteiger partial charge in [-0.25, -0.2) is 4.98 Å². The van der Waals surface area contributed by atoms with Crippen LogP contribution in [0.4, 0.5) is 5.82 Å². The first-order chi connectivity index (χ1) is 10.7. The second kappa shape index (κ2) is 6.55. The number of nitrogens with one attached hydrogen (secondary N) is 2. The van der Waals surface area contributed by atoms with Crippen molar-refractivity contribution in [2.24, 2.45) is 0 Å². The average molecular weight is 301 g/mol. The normalized spacial score (nSPS) is 15.0. The number of nitrogens with zero attached hydrogens (tertiary/aromatic N) is 3. The fourth-order valence-electron chi connectivity index (χ4n) is 2.74. The molecule has 0 radical (unpaired) electrons. The highest BCUT2D eigenvalue weighted by atomic mass is 16.5. The van der Waals surface area contributed by atoms with Gasteiger partial charge in [-0.3, -0.25) is 14.9 Å². The van der Waals surface area contributed by atoms with Gasteiger partial charge in [0.2, 0.25) is 11.8 Å². The van der Waals surface area contributed by atoms with E-state index in [-0.39, 0.29) is 12.3 Å². The van der Waals surface area contributed by atoms with Crippen molar-refractivity contribution in [1.82, 2.24) is 20.2 Å². The largest absolute Gasteiger partial charge is 0.480 e. The molecule has 0 spiro atoms. The Morgan fingerprint density at radius 2 is 2.18 bits per heavy atom. The van der Waals surface area contributed by atoms with E-state index < -0.39 is 0 Å². The zero-order chi connectivity index (χ0) is 15.4. The molecule has 1 aliphatic carbocycles. The zero-order valence-electron chi connectivity index (χ0n) is 12.5. The summed E-state index contributed by atoms with van der Waals surface area (Å²) < 4.78 is 4.93. The van der Waals surface area contributed by atoms with E-state index in [0.29, 0.717) is 23.3 Å². The van der Waals surface area contributed by atoms with Crippen molar-refractivity contribution in [3.05, 3.63) is 29.8 Å². The maximum Gasteiger partial charge on any atom is 0.231 e. The van der Waals surface area contributed by atoms with Crippen LogP contribution in [0.25, 0.3) is 0 Å². The highest BCUT2D eigenvalue weighted by Crippen LogP contribution is 2.33. The molecule has 3 rings (SSSR count). The van der Waals surface area contributed by atoms with Crippen LogP contribution in [-0.2, 0) is 11.2 Å². The Kier molecular flexibility index (Phi) is 4.32. The molecule has 2 aromatic rings. The second-order valence-electron chi connectivity index (χ2n) is 5.46. The fraction of sp³-hybridized carbons (Fsp3) is 0.467. The van der Waals surface area contributed by atoms with Crippen LogP contribution in [0.15, 0.2) is 18.5 Å². The first kappa shape index (κ1) is 14.5. The molecule has 116 valence electrons. The van der Waals surface area contributed by atoms with Gasteiger partial charge in [-0.15, -0.1) is 0 Å². The zero-order valence-corrected chi connectivity index (χ0v) is 12.5. The van der Waals surface area contributed by atoms with E-state index in [2.05, 4.69) is 25.5 Å². The average Bonchev–Trinajstić information content (AvgIpc) is 3.19. The van der Waals surface area contributed by atoms with Crippen molar-refractivity contribution in [2.75, 3.05) is 12.4 Å². The molecule has 2 aromatic heterocycles. The van der Waals surface area contributed by atoms with E-state index in [1.807, 2.05) is 6.07 Å². The molecular formula is C15H19N5O2. The first-order valence-corrected chi connectivity index (χ1v) is 7.44. The molecule has 7 nitrogen and oxygen atoms in total. The number of anilines is 1. The van der Waals surface area contributed by atoms with Gasteiger partial charge in [0.15, 0.2) is 5.82 Å². The van der Waals surface area contributed by atoms with Gasteiger partial charge in [-0.2, -0.15) is 5.10 Å². The summed E-state index contributed by atoms with van der Waals surface area (Å²) in [4.78, 5) is 20.2. The number of hydrogen-bond donors (Lipinski definition) is 2. The Balaban J connectivity index is 1.56. The number of H-pyrrole nitrogens is 1. The summed E-state index contributed by atoms with van der Waals surface area (Å²) in [6.45, 7) is 0. The highest BCUT2D eigenvalue weighted by molar-refractivity contribution is 5.91. The van der Waals surface area contributed by atoms with Crippen molar-refractivity contribution in [2.45, 2.75) is 38.0 Å². The monoisotopic (exact) mass is 301 g/mol. The third-order valence-corrected chi connectivity index (χ3v) is 3.89. The number of carbonyl (C=O) groups is 1. The summed E-state index contributed by atoms with van der Waals surface area (Å²) in [5.74, 6) is 1.38. The third-order valence-electron chi connectivity index (χ3n) is 3.89. The first-order valence-electron chi connectivity index (χ1n) is 7.44. The molecule has 0 aliphatic heterocycles. The molecule has 2 N–H and O–H groups in total. The lowest BCUT2D eigenvalue weighted by Crippen LogP contribution is -2.15. The van der Waals surface area contributed by atoms with Crippen LogP contribution >= 0.6 is 0 Å². The van der Waals surface area contributed by atoms with Crippen LogP contribution in [0.2, 0.25) is 0 Å². The van der Waals surface area contributed by atoms with Gasteiger partial charge in [0.1, 0.15) is 0 Å². The van der Waals surface area contributed by atoms with E-state index >= 15 is 0 Å². The van der Waals surface area contributed by atoms with Gasteiger partial charge in [-0.05, 0) is 12.8 Å². The number of ether oxygens (including phenoxy) is 1. The Hall–Kier alpha value is -2.44. The molecular weight excluding hydrogens is 282 g/mol. The molecule has 1 fully saturated rings. The minimum absolute atomic E-state index is 0.155. The standard InChI is InChI=1S/C15H19N5O2/c1-22-15-9-16-11(8-17-15)6-14(21)18-13-7-12(19-20-13)10-4-2-3-5-10/h7-10H,2-6H2,1H3,(H2,18,19,20,21). The second-order valence-corrected chi connectivity index (χ2v) is 5.46. The molecule has 0 unspecified atom stereocenters. The van der Waals surface area contributed by atoms with Crippen LogP contribution in [0.5, 0.6) is 5.88 Å². The lowest BCUT2D eigenvalue weighted by atomic mass is 10.0. The van der Waals surface area contributed by atoms with E-state index in [1.54, 1.807) is 0 Å². The van der Waals surface area contributed by atoms with Crippen LogP contribution in [-0.4, -0.2) is 33.2 Å². The lowest BCUT2D eigenvalue weighted by Gasteiger charge is -2.04. The van der Waals surface area contributed by atoms with E-state index in [1.165, 1.54) is 45.2 Å². The Labute approximate surface area is 128 Å². The summed E-state index contributed by atoms with van der Waals surface area (Å²) in [7, 11) is 1.52. The number of aromatic nitrogens is 4. The van der Waals surface area contributed by atoms with E-state index in [9.17, 15) is 4.79 Å². The van der Waals surface area contributed by atoms with E-state index in [0.717, 1.165) is 5.69 Å². The number of rotatable bonds is 5. The molecule has 2 heterocycles. The Morgan fingerprint density at radius 3 is 2.86 bits per heavy atom. The molecule has 0 aromatic carbocycles. The Bertz CT molecular complexity index is 632.